The normalized spacial score (nSPS) is 16.1. The first kappa shape index (κ1) is 24.3. The fourth-order valence-electron chi connectivity index (χ4n) is 4.32. The van der Waals surface area contributed by atoms with Crippen LogP contribution in [0.3, 0.4) is 0 Å². The minimum atomic E-state index is 0. The highest BCUT2D eigenvalue weighted by molar-refractivity contribution is 14.0. The number of aliphatic imine (C=N–C) groups is 1. The van der Waals surface area contributed by atoms with Gasteiger partial charge in [0.2, 0.25) is 0 Å². The Morgan fingerprint density at radius 3 is 2.50 bits per heavy atom. The highest BCUT2D eigenvalue weighted by Gasteiger charge is 2.24. The first-order valence-corrected chi connectivity index (χ1v) is 11.4. The van der Waals surface area contributed by atoms with E-state index < -0.39 is 0 Å². The summed E-state index contributed by atoms with van der Waals surface area (Å²) in [5.41, 5.74) is 2.72. The summed E-state index contributed by atoms with van der Waals surface area (Å²) in [4.78, 5) is 11.9. The minimum absolute atomic E-state index is 0. The van der Waals surface area contributed by atoms with Gasteiger partial charge in [0.05, 0.1) is 0 Å². The van der Waals surface area contributed by atoms with Crippen molar-refractivity contribution in [3.8, 4) is 0 Å². The van der Waals surface area contributed by atoms with E-state index in [0.717, 1.165) is 57.3 Å². The van der Waals surface area contributed by atoms with E-state index in [2.05, 4.69) is 93.6 Å². The lowest BCUT2D eigenvalue weighted by Gasteiger charge is -2.21. The van der Waals surface area contributed by atoms with Crippen molar-refractivity contribution >= 4 is 29.9 Å². The van der Waals surface area contributed by atoms with Crippen LogP contribution in [0.2, 0.25) is 0 Å². The van der Waals surface area contributed by atoms with Crippen LogP contribution in [0, 0.1) is 5.92 Å². The van der Waals surface area contributed by atoms with Crippen LogP contribution in [0.25, 0.3) is 0 Å². The van der Waals surface area contributed by atoms with Crippen LogP contribution in [0.1, 0.15) is 30.3 Å². The van der Waals surface area contributed by atoms with Crippen LogP contribution in [0.15, 0.2) is 78.0 Å². The van der Waals surface area contributed by atoms with Gasteiger partial charge in [-0.1, -0.05) is 60.7 Å². The Hall–Kier alpha value is -2.35. The smallest absolute Gasteiger partial charge is 0.193 e. The van der Waals surface area contributed by atoms with Gasteiger partial charge in [-0.05, 0) is 36.8 Å². The number of imidazole rings is 1. The number of benzene rings is 2. The van der Waals surface area contributed by atoms with Gasteiger partial charge in [0.25, 0.3) is 0 Å². The molecule has 0 saturated carbocycles. The zero-order valence-electron chi connectivity index (χ0n) is 18.9. The maximum atomic E-state index is 4.94. The van der Waals surface area contributed by atoms with Crippen LogP contribution >= 0.6 is 24.0 Å². The Morgan fingerprint density at radius 1 is 1.06 bits per heavy atom. The van der Waals surface area contributed by atoms with E-state index in [-0.39, 0.29) is 24.0 Å². The van der Waals surface area contributed by atoms with Crippen molar-refractivity contribution in [3.63, 3.8) is 0 Å². The molecule has 0 amide bonds. The van der Waals surface area contributed by atoms with Gasteiger partial charge >= 0.3 is 0 Å². The molecule has 0 aliphatic carbocycles. The van der Waals surface area contributed by atoms with Crippen molar-refractivity contribution in [3.05, 3.63) is 90.0 Å². The van der Waals surface area contributed by atoms with Gasteiger partial charge < -0.3 is 14.8 Å². The average Bonchev–Trinajstić information content (AvgIpc) is 3.44. The maximum absolute atomic E-state index is 4.94. The van der Waals surface area contributed by atoms with Crippen molar-refractivity contribution in [1.82, 2.24) is 19.8 Å². The summed E-state index contributed by atoms with van der Waals surface area (Å²) in [5.74, 6) is 2.82. The summed E-state index contributed by atoms with van der Waals surface area (Å²) in [7, 11) is 0. The Morgan fingerprint density at radius 2 is 1.78 bits per heavy atom. The van der Waals surface area contributed by atoms with Gasteiger partial charge in [0.15, 0.2) is 5.96 Å². The van der Waals surface area contributed by atoms with Crippen LogP contribution < -0.4 is 5.32 Å². The molecule has 0 bridgehead atoms. The monoisotopic (exact) mass is 543 g/mol. The summed E-state index contributed by atoms with van der Waals surface area (Å²) in [6, 6.07) is 21.4. The van der Waals surface area contributed by atoms with Gasteiger partial charge in [0.1, 0.15) is 5.82 Å². The van der Waals surface area contributed by atoms with E-state index in [4.69, 9.17) is 4.99 Å². The molecule has 1 aliphatic rings. The van der Waals surface area contributed by atoms with Gasteiger partial charge in [0, 0.05) is 51.5 Å². The molecule has 2 aromatic carbocycles. The molecule has 170 valence electrons. The molecule has 32 heavy (non-hydrogen) atoms. The number of likely N-dealkylation sites (tertiary alicyclic amines) is 1. The Labute approximate surface area is 209 Å². The lowest BCUT2D eigenvalue weighted by Crippen LogP contribution is -2.40. The average molecular weight is 543 g/mol. The molecule has 1 fully saturated rings. The summed E-state index contributed by atoms with van der Waals surface area (Å²) >= 11 is 0. The molecule has 0 radical (unpaired) electrons. The second-order valence-electron chi connectivity index (χ2n) is 8.23. The van der Waals surface area contributed by atoms with Crippen molar-refractivity contribution in [2.45, 2.75) is 32.7 Å². The van der Waals surface area contributed by atoms with Crippen molar-refractivity contribution in [2.24, 2.45) is 10.9 Å². The molecule has 0 spiro atoms. The quantitative estimate of drug-likeness (QED) is 0.256. The topological polar surface area (TPSA) is 45.5 Å². The van der Waals surface area contributed by atoms with Crippen molar-refractivity contribution in [2.75, 3.05) is 26.2 Å². The molecule has 1 atom stereocenters. The summed E-state index contributed by atoms with van der Waals surface area (Å²) < 4.78 is 2.23. The molecule has 2 heterocycles. The number of aromatic nitrogens is 2. The van der Waals surface area contributed by atoms with Gasteiger partial charge in [-0.3, -0.25) is 4.99 Å². The Bertz CT molecular complexity index is 955. The van der Waals surface area contributed by atoms with E-state index in [1.807, 2.05) is 6.20 Å². The molecule has 5 nitrogen and oxygen atoms in total. The van der Waals surface area contributed by atoms with Crippen LogP contribution in [0.5, 0.6) is 0 Å². The zero-order valence-corrected chi connectivity index (χ0v) is 21.2. The lowest BCUT2D eigenvalue weighted by atomic mass is 9.99. The zero-order chi connectivity index (χ0) is 21.3. The highest BCUT2D eigenvalue weighted by atomic mass is 127. The first-order valence-electron chi connectivity index (χ1n) is 11.4. The summed E-state index contributed by atoms with van der Waals surface area (Å²) in [6.45, 7) is 6.78. The summed E-state index contributed by atoms with van der Waals surface area (Å²) in [6.07, 6.45) is 7.16. The third kappa shape index (κ3) is 6.82. The molecule has 1 saturated heterocycles. The first-order chi connectivity index (χ1) is 15.3. The number of nitrogens with zero attached hydrogens (tertiary/aromatic N) is 4. The van der Waals surface area contributed by atoms with Gasteiger partial charge in [-0.25, -0.2) is 4.98 Å². The lowest BCUT2D eigenvalue weighted by molar-refractivity contribution is 0.460. The number of guanidine groups is 1. The van der Waals surface area contributed by atoms with Crippen LogP contribution in [-0.2, 0) is 19.4 Å². The van der Waals surface area contributed by atoms with Crippen molar-refractivity contribution in [1.29, 1.82) is 0 Å². The third-order valence-electron chi connectivity index (χ3n) is 5.88. The highest BCUT2D eigenvalue weighted by Crippen LogP contribution is 2.21. The molecule has 1 N–H and O–H groups in total. The van der Waals surface area contributed by atoms with Crippen LogP contribution in [-0.4, -0.2) is 46.6 Å². The standard InChI is InChI=1S/C26H33N5.HI/c1-2-27-26(31-17-14-24(21-31)19-22-9-5-3-6-10-22)29-15-13-25-28-16-18-30(25)20-23-11-7-4-8-12-23;/h3-12,16,18,24H,2,13-15,17,19-21H2,1H3,(H,27,29);1H. The van der Waals surface area contributed by atoms with E-state index in [1.54, 1.807) is 0 Å². The van der Waals surface area contributed by atoms with Crippen LogP contribution in [0.4, 0.5) is 0 Å². The molecule has 6 heteroatoms. The fourth-order valence-corrected chi connectivity index (χ4v) is 4.32. The van der Waals surface area contributed by atoms with Gasteiger partial charge in [-0.15, -0.1) is 24.0 Å². The molecule has 1 unspecified atom stereocenters. The minimum Gasteiger partial charge on any atom is -0.357 e. The van der Waals surface area contributed by atoms with E-state index in [1.165, 1.54) is 17.5 Å². The van der Waals surface area contributed by atoms with E-state index in [9.17, 15) is 0 Å². The molecule has 1 aliphatic heterocycles. The molecule has 1 aromatic heterocycles. The molecule has 4 rings (SSSR count). The fraction of sp³-hybridized carbons (Fsp3) is 0.385. The number of hydrogen-bond donors (Lipinski definition) is 1. The predicted octanol–water partition coefficient (Wildman–Crippen LogP) is 4.62. The second kappa shape index (κ2) is 12.6. The summed E-state index contributed by atoms with van der Waals surface area (Å²) in [5, 5.41) is 3.49. The largest absolute Gasteiger partial charge is 0.357 e. The SMILES string of the molecule is CCNC(=NCCc1nccn1Cc1ccccc1)N1CCC(Cc2ccccc2)C1.I. The number of hydrogen-bond acceptors (Lipinski definition) is 2. The Kier molecular flexibility index (Phi) is 9.59. The maximum Gasteiger partial charge on any atom is 0.193 e. The van der Waals surface area contributed by atoms with E-state index >= 15 is 0 Å². The predicted molar refractivity (Wildman–Crippen MR) is 143 cm³/mol. The van der Waals surface area contributed by atoms with Gasteiger partial charge in [-0.2, -0.15) is 0 Å². The van der Waals surface area contributed by atoms with E-state index in [0.29, 0.717) is 5.92 Å². The molecular formula is C26H34IN5. The number of halogens is 1. The Balaban J connectivity index is 0.00000289. The number of rotatable bonds is 8. The molecule has 3 aromatic rings. The second-order valence-corrected chi connectivity index (χ2v) is 8.23. The molecular weight excluding hydrogens is 509 g/mol. The van der Waals surface area contributed by atoms with Crippen molar-refractivity contribution < 1.29 is 0 Å². The number of nitrogens with one attached hydrogen (secondary N) is 1. The third-order valence-corrected chi connectivity index (χ3v) is 5.88.